The van der Waals surface area contributed by atoms with E-state index in [1.165, 1.54) is 0 Å². The van der Waals surface area contributed by atoms with Crippen LogP contribution in [0.1, 0.15) is 24.8 Å². The molecule has 0 bridgehead atoms. The Labute approximate surface area is 141 Å². The van der Waals surface area contributed by atoms with Crippen molar-refractivity contribution in [2.45, 2.75) is 25.3 Å². The van der Waals surface area contributed by atoms with Gasteiger partial charge in [0.1, 0.15) is 0 Å². The van der Waals surface area contributed by atoms with Gasteiger partial charge in [0.15, 0.2) is 0 Å². The lowest BCUT2D eigenvalue weighted by Crippen LogP contribution is -2.52. The normalized spacial score (nSPS) is 25.0. The quantitative estimate of drug-likeness (QED) is 0.902. The molecule has 2 aliphatic rings. The van der Waals surface area contributed by atoms with Gasteiger partial charge in [-0.15, -0.1) is 0 Å². The van der Waals surface area contributed by atoms with Crippen LogP contribution in [0.25, 0.3) is 0 Å². The SMILES string of the molecule is CC1CN(C(=O)C2=NCCC(c3cccc(Cl)c3)C=N2)CCN1. The van der Waals surface area contributed by atoms with Crippen molar-refractivity contribution >= 4 is 29.6 Å². The van der Waals surface area contributed by atoms with Crippen LogP contribution in [0.15, 0.2) is 34.3 Å². The molecule has 6 heteroatoms. The van der Waals surface area contributed by atoms with Gasteiger partial charge in [0.05, 0.1) is 0 Å². The summed E-state index contributed by atoms with van der Waals surface area (Å²) < 4.78 is 0. The molecule has 23 heavy (non-hydrogen) atoms. The Balaban J connectivity index is 1.71. The molecule has 0 radical (unpaired) electrons. The molecule has 1 N–H and O–H groups in total. The van der Waals surface area contributed by atoms with Crippen molar-refractivity contribution in [2.24, 2.45) is 9.98 Å². The average molecular weight is 333 g/mol. The summed E-state index contributed by atoms with van der Waals surface area (Å²) in [6.07, 6.45) is 2.67. The second kappa shape index (κ2) is 7.23. The maximum atomic E-state index is 12.6. The molecule has 2 heterocycles. The summed E-state index contributed by atoms with van der Waals surface area (Å²) >= 11 is 6.06. The third-order valence-electron chi connectivity index (χ3n) is 4.20. The number of amidine groups is 1. The van der Waals surface area contributed by atoms with Gasteiger partial charge in [-0.3, -0.25) is 9.79 Å². The Bertz CT molecular complexity index is 643. The van der Waals surface area contributed by atoms with E-state index in [2.05, 4.69) is 22.2 Å². The number of rotatable bonds is 2. The van der Waals surface area contributed by atoms with Crippen LogP contribution in [0.5, 0.6) is 0 Å². The second-order valence-corrected chi connectivity index (χ2v) is 6.48. The summed E-state index contributed by atoms with van der Waals surface area (Å²) in [4.78, 5) is 23.2. The summed E-state index contributed by atoms with van der Waals surface area (Å²) in [6.45, 7) is 4.89. The van der Waals surface area contributed by atoms with Crippen LogP contribution in [0.2, 0.25) is 5.02 Å². The summed E-state index contributed by atoms with van der Waals surface area (Å²) in [7, 11) is 0. The summed E-state index contributed by atoms with van der Waals surface area (Å²) in [5.41, 5.74) is 1.11. The van der Waals surface area contributed by atoms with E-state index >= 15 is 0 Å². The average Bonchev–Trinajstić information content (AvgIpc) is 2.80. The molecule has 1 aromatic carbocycles. The molecule has 1 fully saturated rings. The largest absolute Gasteiger partial charge is 0.333 e. The Morgan fingerprint density at radius 1 is 1.43 bits per heavy atom. The van der Waals surface area contributed by atoms with Gasteiger partial charge in [-0.2, -0.15) is 0 Å². The lowest BCUT2D eigenvalue weighted by atomic mass is 9.97. The highest BCUT2D eigenvalue weighted by atomic mass is 35.5. The number of carbonyl (C=O) groups excluding carboxylic acids is 1. The number of halogens is 1. The number of amides is 1. The molecule has 0 aliphatic carbocycles. The number of hydrogen-bond acceptors (Lipinski definition) is 4. The zero-order valence-electron chi connectivity index (χ0n) is 13.2. The molecule has 122 valence electrons. The minimum absolute atomic E-state index is 0.0682. The maximum absolute atomic E-state index is 12.6. The van der Waals surface area contributed by atoms with Crippen LogP contribution in [-0.4, -0.2) is 55.1 Å². The van der Waals surface area contributed by atoms with Crippen LogP contribution in [-0.2, 0) is 4.79 Å². The van der Waals surface area contributed by atoms with Crippen molar-refractivity contribution in [3.63, 3.8) is 0 Å². The minimum Gasteiger partial charge on any atom is -0.333 e. The van der Waals surface area contributed by atoms with Gasteiger partial charge in [-0.05, 0) is 31.0 Å². The monoisotopic (exact) mass is 332 g/mol. The van der Waals surface area contributed by atoms with Crippen molar-refractivity contribution in [1.29, 1.82) is 0 Å². The topological polar surface area (TPSA) is 57.1 Å². The smallest absolute Gasteiger partial charge is 0.291 e. The van der Waals surface area contributed by atoms with Crippen LogP contribution in [0, 0.1) is 0 Å². The first-order chi connectivity index (χ1) is 11.1. The molecule has 2 aliphatic heterocycles. The Morgan fingerprint density at radius 3 is 3.09 bits per heavy atom. The van der Waals surface area contributed by atoms with E-state index < -0.39 is 0 Å². The molecule has 5 nitrogen and oxygen atoms in total. The predicted molar refractivity (Wildman–Crippen MR) is 93.6 cm³/mol. The summed E-state index contributed by atoms with van der Waals surface area (Å²) in [6, 6.07) is 8.08. The van der Waals surface area contributed by atoms with E-state index in [0.29, 0.717) is 36.5 Å². The third-order valence-corrected chi connectivity index (χ3v) is 4.44. The fourth-order valence-corrected chi connectivity index (χ4v) is 3.16. The van der Waals surface area contributed by atoms with E-state index in [1.807, 2.05) is 35.4 Å². The number of piperazine rings is 1. The van der Waals surface area contributed by atoms with Gasteiger partial charge in [-0.25, -0.2) is 4.99 Å². The van der Waals surface area contributed by atoms with Crippen molar-refractivity contribution in [3.05, 3.63) is 34.9 Å². The van der Waals surface area contributed by atoms with Gasteiger partial charge >= 0.3 is 0 Å². The molecule has 0 spiro atoms. The van der Waals surface area contributed by atoms with Gasteiger partial charge in [0, 0.05) is 49.4 Å². The van der Waals surface area contributed by atoms with E-state index in [9.17, 15) is 4.79 Å². The predicted octanol–water partition coefficient (Wildman–Crippen LogP) is 2.12. The molecule has 1 aromatic rings. The highest BCUT2D eigenvalue weighted by molar-refractivity contribution is 6.39. The molecule has 1 saturated heterocycles. The number of nitrogens with one attached hydrogen (secondary N) is 1. The van der Waals surface area contributed by atoms with Crippen LogP contribution < -0.4 is 5.32 Å². The Morgan fingerprint density at radius 2 is 2.30 bits per heavy atom. The first kappa shape index (κ1) is 16.1. The van der Waals surface area contributed by atoms with Gasteiger partial charge in [-0.1, -0.05) is 23.7 Å². The Kier molecular flexibility index (Phi) is 5.08. The van der Waals surface area contributed by atoms with Crippen LogP contribution in [0.4, 0.5) is 0 Å². The molecule has 2 unspecified atom stereocenters. The highest BCUT2D eigenvalue weighted by Gasteiger charge is 2.25. The number of nitrogens with zero attached hydrogens (tertiary/aromatic N) is 3. The van der Waals surface area contributed by atoms with E-state index in [1.54, 1.807) is 0 Å². The molecular formula is C17H21ClN4O. The molecule has 0 saturated carbocycles. The molecular weight excluding hydrogens is 312 g/mol. The van der Waals surface area contributed by atoms with E-state index in [4.69, 9.17) is 11.6 Å². The number of aliphatic imine (C=N–C) groups is 2. The standard InChI is InChI=1S/C17H21ClN4O/c1-12-11-22(8-7-19-12)17(23)16-20-6-5-14(10-21-16)13-3-2-4-15(18)9-13/h2-4,9-10,12,14,19H,5-8,11H2,1H3. The summed E-state index contributed by atoms with van der Waals surface area (Å²) in [5.74, 6) is 0.398. The fraction of sp³-hybridized carbons (Fsp3) is 0.471. The molecule has 3 rings (SSSR count). The molecule has 1 amide bonds. The zero-order valence-corrected chi connectivity index (χ0v) is 14.0. The van der Waals surface area contributed by atoms with Crippen molar-refractivity contribution in [2.75, 3.05) is 26.2 Å². The maximum Gasteiger partial charge on any atom is 0.291 e. The number of carbonyl (C=O) groups is 1. The van der Waals surface area contributed by atoms with Gasteiger partial charge < -0.3 is 10.2 Å². The number of benzene rings is 1. The van der Waals surface area contributed by atoms with Crippen molar-refractivity contribution < 1.29 is 4.79 Å². The van der Waals surface area contributed by atoms with Crippen LogP contribution >= 0.6 is 11.6 Å². The zero-order chi connectivity index (χ0) is 16.2. The van der Waals surface area contributed by atoms with Gasteiger partial charge in [0.2, 0.25) is 5.84 Å². The lowest BCUT2D eigenvalue weighted by molar-refractivity contribution is -0.125. The first-order valence-electron chi connectivity index (χ1n) is 8.00. The Hall–Kier alpha value is -1.72. The second-order valence-electron chi connectivity index (χ2n) is 6.04. The molecule has 2 atom stereocenters. The summed E-state index contributed by atoms with van der Waals surface area (Å²) in [5, 5.41) is 4.05. The van der Waals surface area contributed by atoms with Crippen LogP contribution in [0.3, 0.4) is 0 Å². The van der Waals surface area contributed by atoms with Gasteiger partial charge in [0.25, 0.3) is 5.91 Å². The van der Waals surface area contributed by atoms with E-state index in [-0.39, 0.29) is 11.8 Å². The third kappa shape index (κ3) is 3.98. The minimum atomic E-state index is -0.0682. The number of hydrogen-bond donors (Lipinski definition) is 1. The first-order valence-corrected chi connectivity index (χ1v) is 8.38. The van der Waals surface area contributed by atoms with E-state index in [0.717, 1.165) is 18.5 Å². The molecule has 0 aromatic heterocycles. The van der Waals surface area contributed by atoms with Crippen molar-refractivity contribution in [1.82, 2.24) is 10.2 Å². The highest BCUT2D eigenvalue weighted by Crippen LogP contribution is 2.22. The van der Waals surface area contributed by atoms with Crippen molar-refractivity contribution in [3.8, 4) is 0 Å². The fourth-order valence-electron chi connectivity index (χ4n) is 2.96. The lowest BCUT2D eigenvalue weighted by Gasteiger charge is -2.31.